The molecule has 0 atom stereocenters. The number of rotatable bonds is 2. The minimum Gasteiger partial charge on any atom is -0.328 e. The first kappa shape index (κ1) is 11.3. The molecule has 6 heteroatoms. The van der Waals surface area contributed by atoms with Crippen LogP contribution in [0.1, 0.15) is 10.4 Å². The smallest absolute Gasteiger partial charge is 0.261 e. The number of nitrogens with zero attached hydrogens (tertiary/aromatic N) is 1. The number of aromatic amines is 1. The molecule has 1 amide bonds. The standard InChI is InChI=1S/C11H8ClN3O2/c12-8-6-13-5-3-9(8)15-11(17)7-2-1-4-14-10(7)16/h1-6H,(H,14,16)(H,13,15,17). The van der Waals surface area contributed by atoms with Crippen LogP contribution in [-0.4, -0.2) is 15.9 Å². The third-order valence-corrected chi connectivity index (χ3v) is 2.38. The van der Waals surface area contributed by atoms with Crippen LogP contribution in [-0.2, 0) is 0 Å². The van der Waals surface area contributed by atoms with E-state index in [-0.39, 0.29) is 5.56 Å². The molecule has 0 spiro atoms. The first-order valence-electron chi connectivity index (χ1n) is 4.77. The van der Waals surface area contributed by atoms with Crippen LogP contribution in [0.15, 0.2) is 41.6 Å². The van der Waals surface area contributed by atoms with E-state index in [2.05, 4.69) is 15.3 Å². The lowest BCUT2D eigenvalue weighted by Crippen LogP contribution is -2.22. The summed E-state index contributed by atoms with van der Waals surface area (Å²) < 4.78 is 0. The van der Waals surface area contributed by atoms with Gasteiger partial charge in [0, 0.05) is 18.6 Å². The summed E-state index contributed by atoms with van der Waals surface area (Å²) in [5.41, 5.74) is -0.00882. The maximum atomic E-state index is 11.8. The Balaban J connectivity index is 2.27. The van der Waals surface area contributed by atoms with E-state index in [0.29, 0.717) is 10.7 Å². The Hall–Kier alpha value is -2.14. The van der Waals surface area contributed by atoms with Crippen LogP contribution in [0.2, 0.25) is 5.02 Å². The van der Waals surface area contributed by atoms with Gasteiger partial charge in [0.25, 0.3) is 11.5 Å². The van der Waals surface area contributed by atoms with E-state index in [1.807, 2.05) is 0 Å². The number of amides is 1. The van der Waals surface area contributed by atoms with Gasteiger partial charge in [0.15, 0.2) is 0 Å². The number of H-pyrrole nitrogens is 1. The zero-order valence-corrected chi connectivity index (χ0v) is 9.36. The number of hydrogen-bond acceptors (Lipinski definition) is 3. The highest BCUT2D eigenvalue weighted by atomic mass is 35.5. The van der Waals surface area contributed by atoms with Crippen molar-refractivity contribution < 1.29 is 4.79 Å². The van der Waals surface area contributed by atoms with Gasteiger partial charge in [-0.15, -0.1) is 0 Å². The number of nitrogens with one attached hydrogen (secondary N) is 2. The van der Waals surface area contributed by atoms with Crippen molar-refractivity contribution in [2.75, 3.05) is 5.32 Å². The average molecular weight is 250 g/mol. The summed E-state index contributed by atoms with van der Waals surface area (Å²) in [6.07, 6.45) is 4.36. The Morgan fingerprint density at radius 1 is 1.41 bits per heavy atom. The molecule has 0 aromatic carbocycles. The van der Waals surface area contributed by atoms with Gasteiger partial charge < -0.3 is 10.3 Å². The second kappa shape index (κ2) is 4.80. The highest BCUT2D eigenvalue weighted by molar-refractivity contribution is 6.33. The van der Waals surface area contributed by atoms with Gasteiger partial charge in [0.05, 0.1) is 10.7 Å². The molecule has 2 aromatic heterocycles. The highest BCUT2D eigenvalue weighted by Crippen LogP contribution is 2.19. The monoisotopic (exact) mass is 249 g/mol. The summed E-state index contributed by atoms with van der Waals surface area (Å²) in [6, 6.07) is 4.56. The molecule has 0 aliphatic heterocycles. The van der Waals surface area contributed by atoms with Crippen LogP contribution in [0.4, 0.5) is 5.69 Å². The predicted octanol–water partition coefficient (Wildman–Crippen LogP) is 1.68. The zero-order chi connectivity index (χ0) is 12.3. The lowest BCUT2D eigenvalue weighted by atomic mass is 10.2. The molecule has 2 heterocycles. The van der Waals surface area contributed by atoms with E-state index in [4.69, 9.17) is 11.6 Å². The molecule has 0 unspecified atom stereocenters. The molecule has 0 fully saturated rings. The van der Waals surface area contributed by atoms with E-state index < -0.39 is 11.5 Å². The van der Waals surface area contributed by atoms with Gasteiger partial charge in [-0.1, -0.05) is 11.6 Å². The molecule has 0 radical (unpaired) electrons. The van der Waals surface area contributed by atoms with Crippen LogP contribution >= 0.6 is 11.6 Å². The summed E-state index contributed by atoms with van der Waals surface area (Å²) >= 11 is 5.83. The summed E-state index contributed by atoms with van der Waals surface area (Å²) in [6.45, 7) is 0. The number of halogens is 1. The SMILES string of the molecule is O=C(Nc1ccncc1Cl)c1ccc[nH]c1=O. The van der Waals surface area contributed by atoms with Crippen LogP contribution in [0.25, 0.3) is 0 Å². The third-order valence-electron chi connectivity index (χ3n) is 2.08. The minimum atomic E-state index is -0.514. The van der Waals surface area contributed by atoms with E-state index >= 15 is 0 Å². The predicted molar refractivity (Wildman–Crippen MR) is 64.3 cm³/mol. The third kappa shape index (κ3) is 2.51. The van der Waals surface area contributed by atoms with E-state index in [1.54, 1.807) is 12.1 Å². The first-order chi connectivity index (χ1) is 8.18. The van der Waals surface area contributed by atoms with Crippen molar-refractivity contribution >= 4 is 23.2 Å². The minimum absolute atomic E-state index is 0.0281. The summed E-state index contributed by atoms with van der Waals surface area (Å²) in [5, 5.41) is 2.85. The summed E-state index contributed by atoms with van der Waals surface area (Å²) in [5.74, 6) is -0.514. The van der Waals surface area contributed by atoms with Gasteiger partial charge in [-0.3, -0.25) is 14.6 Å². The Morgan fingerprint density at radius 3 is 2.94 bits per heavy atom. The Morgan fingerprint density at radius 2 is 2.24 bits per heavy atom. The molecule has 2 rings (SSSR count). The lowest BCUT2D eigenvalue weighted by Gasteiger charge is -2.05. The quantitative estimate of drug-likeness (QED) is 0.850. The fourth-order valence-electron chi connectivity index (χ4n) is 1.27. The number of carbonyl (C=O) groups is 1. The number of aromatic nitrogens is 2. The summed E-state index contributed by atoms with van der Waals surface area (Å²) in [7, 11) is 0. The Kier molecular flexibility index (Phi) is 3.20. The second-order valence-electron chi connectivity index (χ2n) is 3.22. The molecule has 17 heavy (non-hydrogen) atoms. The number of pyridine rings is 2. The molecule has 0 aliphatic rings. The van der Waals surface area contributed by atoms with Gasteiger partial charge in [-0.25, -0.2) is 0 Å². The lowest BCUT2D eigenvalue weighted by molar-refractivity contribution is 0.102. The van der Waals surface area contributed by atoms with Crippen molar-refractivity contribution in [3.05, 3.63) is 57.7 Å². The van der Waals surface area contributed by atoms with Crippen molar-refractivity contribution in [1.29, 1.82) is 0 Å². The highest BCUT2D eigenvalue weighted by Gasteiger charge is 2.11. The normalized spacial score (nSPS) is 9.94. The maximum absolute atomic E-state index is 11.8. The Labute approximate surface area is 101 Å². The van der Waals surface area contributed by atoms with E-state index in [9.17, 15) is 9.59 Å². The molecular weight excluding hydrogens is 242 g/mol. The van der Waals surface area contributed by atoms with Crippen LogP contribution in [0, 0.1) is 0 Å². The molecule has 0 aliphatic carbocycles. The van der Waals surface area contributed by atoms with Crippen molar-refractivity contribution in [1.82, 2.24) is 9.97 Å². The van der Waals surface area contributed by atoms with E-state index in [1.165, 1.54) is 24.7 Å². The molecule has 0 bridgehead atoms. The first-order valence-corrected chi connectivity index (χ1v) is 5.15. The molecule has 2 aromatic rings. The van der Waals surface area contributed by atoms with Gasteiger partial charge >= 0.3 is 0 Å². The number of hydrogen-bond donors (Lipinski definition) is 2. The average Bonchev–Trinajstić information content (AvgIpc) is 2.32. The van der Waals surface area contributed by atoms with Crippen molar-refractivity contribution in [2.24, 2.45) is 0 Å². The number of carbonyl (C=O) groups excluding carboxylic acids is 1. The van der Waals surface area contributed by atoms with Crippen molar-refractivity contribution in [3.63, 3.8) is 0 Å². The maximum Gasteiger partial charge on any atom is 0.261 e. The van der Waals surface area contributed by atoms with Crippen LogP contribution in [0.3, 0.4) is 0 Å². The van der Waals surface area contributed by atoms with Gasteiger partial charge in [-0.2, -0.15) is 0 Å². The molecular formula is C11H8ClN3O2. The largest absolute Gasteiger partial charge is 0.328 e. The van der Waals surface area contributed by atoms with Crippen LogP contribution < -0.4 is 10.9 Å². The Bertz CT molecular complexity index is 609. The van der Waals surface area contributed by atoms with Crippen LogP contribution in [0.5, 0.6) is 0 Å². The molecule has 86 valence electrons. The molecule has 2 N–H and O–H groups in total. The summed E-state index contributed by atoms with van der Waals surface area (Å²) in [4.78, 5) is 29.4. The number of anilines is 1. The van der Waals surface area contributed by atoms with Crippen molar-refractivity contribution in [3.8, 4) is 0 Å². The van der Waals surface area contributed by atoms with Crippen molar-refractivity contribution in [2.45, 2.75) is 0 Å². The zero-order valence-electron chi connectivity index (χ0n) is 8.61. The van der Waals surface area contributed by atoms with Gasteiger partial charge in [0.2, 0.25) is 0 Å². The fraction of sp³-hybridized carbons (Fsp3) is 0. The molecule has 5 nitrogen and oxygen atoms in total. The molecule has 0 saturated carbocycles. The van der Waals surface area contributed by atoms with Gasteiger partial charge in [-0.05, 0) is 18.2 Å². The van der Waals surface area contributed by atoms with E-state index in [0.717, 1.165) is 0 Å². The van der Waals surface area contributed by atoms with Gasteiger partial charge in [0.1, 0.15) is 5.56 Å². The fourth-order valence-corrected chi connectivity index (χ4v) is 1.43. The second-order valence-corrected chi connectivity index (χ2v) is 3.63. The molecule has 0 saturated heterocycles. The topological polar surface area (TPSA) is 74.8 Å².